The number of amides is 3. The van der Waals surface area contributed by atoms with E-state index in [1.165, 1.54) is 15.8 Å². The van der Waals surface area contributed by atoms with Gasteiger partial charge in [0.2, 0.25) is 11.8 Å². The maximum absolute atomic E-state index is 13.7. The number of nitrogens with zero attached hydrogens (tertiary/aromatic N) is 9. The number of piperidine rings is 3. The van der Waals surface area contributed by atoms with Crippen molar-refractivity contribution < 1.29 is 14.4 Å². The number of nitrogen functional groups attached to an aromatic ring is 1. The predicted molar refractivity (Wildman–Crippen MR) is 260 cm³/mol. The fourth-order valence-electron chi connectivity index (χ4n) is 11.5. The highest BCUT2D eigenvalue weighted by Crippen LogP contribution is 2.36. The molecule has 3 N–H and O–H groups in total. The number of aryl methyl sites for hydroxylation is 2. The number of imidazole rings is 1. The van der Waals surface area contributed by atoms with E-state index < -0.39 is 11.9 Å². The zero-order valence-corrected chi connectivity index (χ0v) is 39.2. The molecule has 0 radical (unpaired) electrons. The number of likely N-dealkylation sites (tertiary alicyclic amines) is 2. The number of hydrogen-bond donors (Lipinski definition) is 2. The Kier molecular flexibility index (Phi) is 12.3. The molecular formula is C52H63N11O4. The van der Waals surface area contributed by atoms with Gasteiger partial charge in [0.25, 0.3) is 5.91 Å². The Morgan fingerprint density at radius 2 is 1.61 bits per heavy atom. The summed E-state index contributed by atoms with van der Waals surface area (Å²) in [4.78, 5) is 70.2. The van der Waals surface area contributed by atoms with E-state index in [1.54, 1.807) is 11.6 Å². The van der Waals surface area contributed by atoms with Crippen molar-refractivity contribution in [2.24, 2.45) is 20.0 Å². The number of nitrogens with one attached hydrogen (secondary N) is 1. The first-order valence-corrected chi connectivity index (χ1v) is 24.2. The van der Waals surface area contributed by atoms with Crippen LogP contribution in [0.5, 0.6) is 0 Å². The van der Waals surface area contributed by atoms with Crippen LogP contribution < -0.4 is 16.7 Å². The molecule has 0 aliphatic carbocycles. The van der Waals surface area contributed by atoms with Gasteiger partial charge in [-0.2, -0.15) is 0 Å². The molecule has 0 saturated carbocycles. The summed E-state index contributed by atoms with van der Waals surface area (Å²) in [5, 5.41) is 3.51. The number of hydrogen-bond acceptors (Lipinski definition) is 10. The van der Waals surface area contributed by atoms with Gasteiger partial charge >= 0.3 is 5.69 Å². The van der Waals surface area contributed by atoms with Crippen molar-refractivity contribution in [1.29, 1.82) is 0 Å². The van der Waals surface area contributed by atoms with Crippen molar-refractivity contribution in [3.8, 4) is 11.1 Å². The van der Waals surface area contributed by atoms with E-state index >= 15 is 0 Å². The molecule has 3 amide bonds. The largest absolute Gasteiger partial charge is 0.384 e. The lowest BCUT2D eigenvalue weighted by atomic mass is 9.88. The Balaban J connectivity index is 0.680. The number of nitrogens with two attached hydrogens (primary N) is 1. The predicted octanol–water partition coefficient (Wildman–Crippen LogP) is 5.85. The molecule has 0 spiro atoms. The van der Waals surface area contributed by atoms with Gasteiger partial charge in [0.15, 0.2) is 0 Å². The van der Waals surface area contributed by atoms with E-state index in [2.05, 4.69) is 91.8 Å². The van der Waals surface area contributed by atoms with E-state index in [0.717, 1.165) is 123 Å². The lowest BCUT2D eigenvalue weighted by Crippen LogP contribution is -2.53. The first-order chi connectivity index (χ1) is 32.4. The summed E-state index contributed by atoms with van der Waals surface area (Å²) in [6.07, 6.45) is 8.43. The Bertz CT molecular complexity index is 2870. The molecule has 10 rings (SSSR count). The second kappa shape index (κ2) is 18.5. The van der Waals surface area contributed by atoms with Crippen LogP contribution in [0.25, 0.3) is 33.2 Å². The van der Waals surface area contributed by atoms with Crippen LogP contribution in [0.1, 0.15) is 97.6 Å². The molecule has 15 heteroatoms. The lowest BCUT2D eigenvalue weighted by Gasteiger charge is -2.42. The van der Waals surface area contributed by atoms with Gasteiger partial charge in [-0.25, -0.2) is 14.8 Å². The Morgan fingerprint density at radius 1 is 0.836 bits per heavy atom. The summed E-state index contributed by atoms with van der Waals surface area (Å²) in [6.45, 7) is 12.9. The molecular weight excluding hydrogens is 843 g/mol. The van der Waals surface area contributed by atoms with Crippen molar-refractivity contribution in [3.63, 3.8) is 0 Å². The van der Waals surface area contributed by atoms with Gasteiger partial charge in [-0.15, -0.1) is 0 Å². The van der Waals surface area contributed by atoms with Gasteiger partial charge in [0.1, 0.15) is 17.5 Å². The highest BCUT2D eigenvalue weighted by molar-refractivity contribution is 6.00. The van der Waals surface area contributed by atoms with Crippen LogP contribution in [0.4, 0.5) is 5.82 Å². The Morgan fingerprint density at radius 3 is 2.33 bits per heavy atom. The number of imide groups is 1. The molecule has 4 aliphatic rings. The Labute approximate surface area is 391 Å². The second-order valence-corrected chi connectivity index (χ2v) is 19.6. The fraction of sp³-hybridized carbons (Fsp3) is 0.462. The number of rotatable bonds is 10. The summed E-state index contributed by atoms with van der Waals surface area (Å²) in [6, 6.07) is 22.7. The maximum Gasteiger partial charge on any atom is 0.329 e. The summed E-state index contributed by atoms with van der Waals surface area (Å²) >= 11 is 0. The second-order valence-electron chi connectivity index (χ2n) is 19.6. The summed E-state index contributed by atoms with van der Waals surface area (Å²) in [5.41, 5.74) is 14.7. The van der Waals surface area contributed by atoms with Crippen LogP contribution >= 0.6 is 0 Å². The Hall–Kier alpha value is -6.16. The molecule has 8 heterocycles. The third-order valence-electron chi connectivity index (χ3n) is 15.5. The van der Waals surface area contributed by atoms with Gasteiger partial charge in [0, 0.05) is 113 Å². The van der Waals surface area contributed by atoms with Crippen molar-refractivity contribution in [1.82, 2.24) is 48.6 Å². The molecule has 67 heavy (non-hydrogen) atoms. The molecule has 0 bridgehead atoms. The van der Waals surface area contributed by atoms with Gasteiger partial charge in [0.05, 0.1) is 11.0 Å². The SMILES string of the molecule is C[C@H]1CN(Cc2ccc3c(c2)n(C)c(=O)n3[C@H]2CCC(=O)NC2=O)CCN1CC1CCN(C(=O)c2ccc(C3CCN([C@@H](C)c4cc5c(-c6ccc(N)nc6)ccnc5n4C)CC3)cc2)CC1. The van der Waals surface area contributed by atoms with Crippen LogP contribution in [0.15, 0.2) is 83.9 Å². The van der Waals surface area contributed by atoms with Gasteiger partial charge < -0.3 is 15.2 Å². The molecule has 3 atom stereocenters. The third kappa shape index (κ3) is 8.80. The fourth-order valence-corrected chi connectivity index (χ4v) is 11.5. The van der Waals surface area contributed by atoms with Crippen LogP contribution in [0.3, 0.4) is 0 Å². The topological polar surface area (TPSA) is 160 Å². The standard InChI is InChI=1S/C52H63N11O4/c1-33-30-59(31-36-5-11-43-46(27-36)58(4)52(67)63(43)44-12-14-48(64)56-50(44)65)25-26-62(33)32-35-16-21-61(22-17-35)51(66)39-8-6-37(7-9-39)38-18-23-60(24-19-38)34(2)45-28-42-41(15-20-54-49(42)57(45)3)40-10-13-47(53)55-29-40/h5-11,13,15,20,27-29,33-35,38,44H,12,14,16-19,21-26,30-32H2,1-4H3,(H2,53,55)(H,56,64,65)/t33-,34-,44-/m0/s1. The van der Waals surface area contributed by atoms with E-state index in [4.69, 9.17) is 10.7 Å². The molecule has 15 nitrogen and oxygen atoms in total. The van der Waals surface area contributed by atoms with Crippen molar-refractivity contribution in [2.45, 2.75) is 83.0 Å². The minimum atomic E-state index is -0.687. The minimum Gasteiger partial charge on any atom is -0.384 e. The van der Waals surface area contributed by atoms with Gasteiger partial charge in [-0.1, -0.05) is 18.2 Å². The normalized spacial score (nSPS) is 21.3. The lowest BCUT2D eigenvalue weighted by molar-refractivity contribution is -0.135. The highest BCUT2D eigenvalue weighted by Gasteiger charge is 2.33. The third-order valence-corrected chi connectivity index (χ3v) is 15.5. The molecule has 350 valence electrons. The van der Waals surface area contributed by atoms with Gasteiger partial charge in [-0.05, 0) is 136 Å². The molecule has 0 unspecified atom stereocenters. The monoisotopic (exact) mass is 906 g/mol. The molecule has 4 saturated heterocycles. The first kappa shape index (κ1) is 44.7. The van der Waals surface area contributed by atoms with Crippen LogP contribution in [-0.4, -0.2) is 119 Å². The summed E-state index contributed by atoms with van der Waals surface area (Å²) < 4.78 is 5.37. The van der Waals surface area contributed by atoms with Crippen molar-refractivity contribution in [2.75, 3.05) is 58.1 Å². The average Bonchev–Trinajstić information content (AvgIpc) is 3.81. The van der Waals surface area contributed by atoms with Crippen LogP contribution in [0.2, 0.25) is 0 Å². The number of carbonyl (C=O) groups is 3. The van der Waals surface area contributed by atoms with E-state index in [9.17, 15) is 19.2 Å². The van der Waals surface area contributed by atoms with Gasteiger partial charge in [-0.3, -0.25) is 43.5 Å². The van der Waals surface area contributed by atoms with Crippen LogP contribution in [0, 0.1) is 5.92 Å². The number of pyridine rings is 2. The quantitative estimate of drug-likeness (QED) is 0.160. The smallest absolute Gasteiger partial charge is 0.329 e. The molecule has 4 aliphatic heterocycles. The number of carbonyl (C=O) groups excluding carboxylic acids is 3. The molecule has 2 aromatic carbocycles. The maximum atomic E-state index is 13.7. The minimum absolute atomic E-state index is 0.140. The summed E-state index contributed by atoms with van der Waals surface area (Å²) in [5.74, 6) is 0.972. The number of fused-ring (bicyclic) bond motifs is 2. The average molecular weight is 906 g/mol. The van der Waals surface area contributed by atoms with Crippen molar-refractivity contribution in [3.05, 3.63) is 112 Å². The molecule has 4 aromatic heterocycles. The first-order valence-electron chi connectivity index (χ1n) is 24.2. The number of benzene rings is 2. The molecule has 4 fully saturated rings. The van der Waals surface area contributed by atoms with Crippen molar-refractivity contribution >= 4 is 45.6 Å². The van der Waals surface area contributed by atoms with E-state index in [1.807, 2.05) is 42.7 Å². The zero-order valence-electron chi connectivity index (χ0n) is 39.2. The van der Waals surface area contributed by atoms with E-state index in [-0.39, 0.29) is 30.0 Å². The molecule has 6 aromatic rings. The number of piperazine rings is 1. The summed E-state index contributed by atoms with van der Waals surface area (Å²) in [7, 11) is 3.85. The highest BCUT2D eigenvalue weighted by atomic mass is 16.2. The van der Waals surface area contributed by atoms with E-state index in [0.29, 0.717) is 35.6 Å². The zero-order chi connectivity index (χ0) is 46.5. The van der Waals surface area contributed by atoms with Crippen LogP contribution in [-0.2, 0) is 30.2 Å². The number of anilines is 1. The number of aromatic nitrogens is 5.